The Morgan fingerprint density at radius 2 is 1.96 bits per heavy atom. The zero-order valence-corrected chi connectivity index (χ0v) is 15.3. The number of aryl methyl sites for hydroxylation is 1. The molecule has 25 heavy (non-hydrogen) atoms. The third kappa shape index (κ3) is 3.35. The van der Waals surface area contributed by atoms with Gasteiger partial charge in [0.25, 0.3) is 5.91 Å². The quantitative estimate of drug-likeness (QED) is 0.705. The van der Waals surface area contributed by atoms with Gasteiger partial charge in [-0.2, -0.15) is 5.26 Å². The van der Waals surface area contributed by atoms with E-state index in [1.54, 1.807) is 28.4 Å². The van der Waals surface area contributed by atoms with E-state index in [2.05, 4.69) is 6.07 Å². The van der Waals surface area contributed by atoms with Crippen LogP contribution >= 0.6 is 11.3 Å². The number of benzene rings is 1. The van der Waals surface area contributed by atoms with E-state index < -0.39 is 0 Å². The second-order valence-corrected chi connectivity index (χ2v) is 7.05. The first-order valence-corrected chi connectivity index (χ1v) is 8.86. The lowest BCUT2D eigenvalue weighted by Gasteiger charge is -2.16. The van der Waals surface area contributed by atoms with Crippen LogP contribution in [0, 0.1) is 25.2 Å². The highest BCUT2D eigenvalue weighted by Crippen LogP contribution is 2.23. The fourth-order valence-electron chi connectivity index (χ4n) is 2.98. The Morgan fingerprint density at radius 3 is 2.56 bits per heavy atom. The number of thiophene rings is 1. The molecular formula is C20H19N3OS. The molecule has 0 aliphatic carbocycles. The highest BCUT2D eigenvalue weighted by molar-refractivity contribution is 7.09. The van der Waals surface area contributed by atoms with Crippen LogP contribution in [-0.4, -0.2) is 22.4 Å². The van der Waals surface area contributed by atoms with E-state index in [1.165, 1.54) is 0 Å². The second-order valence-electron chi connectivity index (χ2n) is 6.02. The van der Waals surface area contributed by atoms with Crippen molar-refractivity contribution in [2.24, 2.45) is 0 Å². The van der Waals surface area contributed by atoms with Crippen LogP contribution in [0.25, 0.3) is 5.69 Å². The maximum absolute atomic E-state index is 12.9. The van der Waals surface area contributed by atoms with Gasteiger partial charge in [-0.15, -0.1) is 11.3 Å². The van der Waals surface area contributed by atoms with Crippen molar-refractivity contribution in [3.63, 3.8) is 0 Å². The summed E-state index contributed by atoms with van der Waals surface area (Å²) in [5.41, 5.74) is 4.19. The van der Waals surface area contributed by atoms with Gasteiger partial charge in [0.05, 0.1) is 23.7 Å². The Kier molecular flexibility index (Phi) is 4.73. The summed E-state index contributed by atoms with van der Waals surface area (Å²) in [4.78, 5) is 15.8. The van der Waals surface area contributed by atoms with Crippen molar-refractivity contribution >= 4 is 17.2 Å². The molecule has 2 aromatic heterocycles. The molecule has 0 radical (unpaired) electrons. The maximum Gasteiger partial charge on any atom is 0.255 e. The van der Waals surface area contributed by atoms with Crippen LogP contribution in [0.2, 0.25) is 0 Å². The van der Waals surface area contributed by atoms with Gasteiger partial charge in [0, 0.05) is 29.0 Å². The van der Waals surface area contributed by atoms with Crippen molar-refractivity contribution in [3.05, 3.63) is 75.2 Å². The van der Waals surface area contributed by atoms with E-state index in [1.807, 2.05) is 61.2 Å². The first-order valence-electron chi connectivity index (χ1n) is 7.98. The molecule has 5 heteroatoms. The molecule has 0 saturated carbocycles. The van der Waals surface area contributed by atoms with Crippen LogP contribution in [-0.2, 0) is 6.54 Å². The van der Waals surface area contributed by atoms with Crippen molar-refractivity contribution in [2.45, 2.75) is 20.4 Å². The lowest BCUT2D eigenvalue weighted by Crippen LogP contribution is -2.26. The summed E-state index contributed by atoms with van der Waals surface area (Å²) in [5, 5.41) is 11.0. The zero-order valence-electron chi connectivity index (χ0n) is 14.5. The fraction of sp³-hybridized carbons (Fsp3) is 0.200. The Morgan fingerprint density at radius 1 is 1.24 bits per heavy atom. The number of hydrogen-bond acceptors (Lipinski definition) is 3. The molecule has 2 heterocycles. The topological polar surface area (TPSA) is 49.0 Å². The third-order valence-corrected chi connectivity index (χ3v) is 5.10. The predicted molar refractivity (Wildman–Crippen MR) is 100 cm³/mol. The fourth-order valence-corrected chi connectivity index (χ4v) is 3.73. The highest BCUT2D eigenvalue weighted by Gasteiger charge is 2.20. The Labute approximate surface area is 151 Å². The second kappa shape index (κ2) is 6.96. The summed E-state index contributed by atoms with van der Waals surface area (Å²) >= 11 is 1.65. The van der Waals surface area contributed by atoms with Crippen LogP contribution in [0.4, 0.5) is 0 Å². The molecule has 0 fully saturated rings. The summed E-state index contributed by atoms with van der Waals surface area (Å²) in [7, 11) is 1.83. The van der Waals surface area contributed by atoms with Gasteiger partial charge in [-0.3, -0.25) is 4.79 Å². The van der Waals surface area contributed by atoms with E-state index in [0.29, 0.717) is 17.7 Å². The van der Waals surface area contributed by atoms with Gasteiger partial charge in [0.2, 0.25) is 0 Å². The Balaban J connectivity index is 1.90. The lowest BCUT2D eigenvalue weighted by molar-refractivity contribution is 0.0786. The lowest BCUT2D eigenvalue weighted by atomic mass is 10.2. The van der Waals surface area contributed by atoms with Gasteiger partial charge in [0.15, 0.2) is 0 Å². The zero-order chi connectivity index (χ0) is 18.0. The third-order valence-electron chi connectivity index (χ3n) is 4.24. The largest absolute Gasteiger partial charge is 0.337 e. The molecule has 4 nitrogen and oxygen atoms in total. The molecule has 0 aliphatic rings. The first-order chi connectivity index (χ1) is 12.0. The number of carbonyl (C=O) groups excluding carboxylic acids is 1. The van der Waals surface area contributed by atoms with Crippen molar-refractivity contribution in [2.75, 3.05) is 7.05 Å². The molecule has 0 bridgehead atoms. The van der Waals surface area contributed by atoms with Gasteiger partial charge in [-0.25, -0.2) is 0 Å². The van der Waals surface area contributed by atoms with Gasteiger partial charge >= 0.3 is 0 Å². The van der Waals surface area contributed by atoms with Crippen molar-refractivity contribution < 1.29 is 4.79 Å². The number of amides is 1. The van der Waals surface area contributed by atoms with Crippen LogP contribution < -0.4 is 0 Å². The minimum absolute atomic E-state index is 0.0152. The molecule has 126 valence electrons. The average molecular weight is 349 g/mol. The van der Waals surface area contributed by atoms with E-state index in [0.717, 1.165) is 22.0 Å². The number of nitrogens with zero attached hydrogens (tertiary/aromatic N) is 3. The molecule has 0 unspecified atom stereocenters. The van der Waals surface area contributed by atoms with Crippen LogP contribution in [0.1, 0.15) is 32.2 Å². The highest BCUT2D eigenvalue weighted by atomic mass is 32.1. The molecule has 0 atom stereocenters. The number of carbonyl (C=O) groups is 1. The van der Waals surface area contributed by atoms with E-state index >= 15 is 0 Å². The molecule has 0 aliphatic heterocycles. The van der Waals surface area contributed by atoms with Crippen molar-refractivity contribution in [1.29, 1.82) is 5.26 Å². The summed E-state index contributed by atoms with van der Waals surface area (Å²) in [6, 6.07) is 15.5. The number of nitriles is 1. The van der Waals surface area contributed by atoms with Crippen molar-refractivity contribution in [1.82, 2.24) is 9.47 Å². The molecule has 1 amide bonds. The summed E-state index contributed by atoms with van der Waals surface area (Å²) < 4.78 is 2.05. The Bertz CT molecular complexity index is 931. The number of rotatable bonds is 4. The minimum Gasteiger partial charge on any atom is -0.337 e. The predicted octanol–water partition coefficient (Wildman–Crippen LogP) is 4.30. The summed E-state index contributed by atoms with van der Waals surface area (Å²) in [6.07, 6.45) is 0. The number of hydrogen-bond donors (Lipinski definition) is 0. The van der Waals surface area contributed by atoms with E-state index in [4.69, 9.17) is 5.26 Å². The van der Waals surface area contributed by atoms with Crippen LogP contribution in [0.5, 0.6) is 0 Å². The first kappa shape index (κ1) is 17.0. The molecule has 1 aromatic carbocycles. The van der Waals surface area contributed by atoms with Gasteiger partial charge in [-0.05, 0) is 55.6 Å². The summed E-state index contributed by atoms with van der Waals surface area (Å²) in [5.74, 6) is 0.0152. The molecule has 3 rings (SSSR count). The minimum atomic E-state index is 0.0152. The SMILES string of the molecule is Cc1cc(C(=O)N(C)Cc2cccs2)c(C)n1-c1ccc(C#N)cc1. The summed E-state index contributed by atoms with van der Waals surface area (Å²) in [6.45, 7) is 4.55. The smallest absolute Gasteiger partial charge is 0.255 e. The Hall–Kier alpha value is -2.84. The van der Waals surface area contributed by atoms with Gasteiger partial charge in [0.1, 0.15) is 0 Å². The number of aromatic nitrogens is 1. The van der Waals surface area contributed by atoms with Crippen LogP contribution in [0.3, 0.4) is 0 Å². The van der Waals surface area contributed by atoms with Crippen molar-refractivity contribution in [3.8, 4) is 11.8 Å². The van der Waals surface area contributed by atoms with Gasteiger partial charge in [-0.1, -0.05) is 6.07 Å². The normalized spacial score (nSPS) is 10.5. The molecule has 0 saturated heterocycles. The molecule has 0 spiro atoms. The average Bonchev–Trinajstić information content (AvgIpc) is 3.22. The molecular weight excluding hydrogens is 330 g/mol. The van der Waals surface area contributed by atoms with Gasteiger partial charge < -0.3 is 9.47 Å². The molecule has 0 N–H and O–H groups in total. The monoisotopic (exact) mass is 349 g/mol. The standard InChI is InChI=1S/C20H19N3OS/c1-14-11-19(20(24)22(3)13-18-5-4-10-25-18)15(2)23(14)17-8-6-16(12-21)7-9-17/h4-11H,13H2,1-3H3. The molecule has 3 aromatic rings. The van der Waals surface area contributed by atoms with E-state index in [9.17, 15) is 4.79 Å². The van der Waals surface area contributed by atoms with Crippen LogP contribution in [0.15, 0.2) is 47.8 Å². The van der Waals surface area contributed by atoms with E-state index in [-0.39, 0.29) is 5.91 Å². The maximum atomic E-state index is 12.9.